The van der Waals surface area contributed by atoms with Crippen molar-refractivity contribution in [2.75, 3.05) is 59.5 Å². The Morgan fingerprint density at radius 2 is 1.61 bits per heavy atom. The third-order valence-corrected chi connectivity index (χ3v) is 6.70. The van der Waals surface area contributed by atoms with Crippen molar-refractivity contribution in [3.63, 3.8) is 0 Å². The molecule has 1 aromatic rings. The molecule has 2 fully saturated rings. The zero-order chi connectivity index (χ0) is 24.0. The molecule has 2 aliphatic rings. The Bertz CT molecular complexity index is 780. The van der Waals surface area contributed by atoms with Gasteiger partial charge in [0.15, 0.2) is 0 Å². The molecule has 7 nitrogen and oxygen atoms in total. The molecule has 0 radical (unpaired) electrons. The van der Waals surface area contributed by atoms with E-state index < -0.39 is 5.60 Å². The Labute approximate surface area is 202 Å². The van der Waals surface area contributed by atoms with Crippen LogP contribution in [0.25, 0.3) is 0 Å². The van der Waals surface area contributed by atoms with Gasteiger partial charge in [0.05, 0.1) is 13.0 Å². The van der Waals surface area contributed by atoms with Gasteiger partial charge in [-0.1, -0.05) is 23.7 Å². The predicted molar refractivity (Wildman–Crippen MR) is 130 cm³/mol. The standard InChI is InChI=1S/C25H38ClN3O4/c1-25(2,3)33-24(31)29-15-13-28(14-16-29)17-19-9-11-27(12-10-19)18-22(23(30)32-4)20-5-7-21(26)8-6-20/h5-8,19,22H,9-18H2,1-4H3. The molecule has 2 aliphatic heterocycles. The van der Waals surface area contributed by atoms with Crippen molar-refractivity contribution in [2.24, 2.45) is 5.92 Å². The lowest BCUT2D eigenvalue weighted by atomic mass is 9.93. The molecule has 2 saturated heterocycles. The van der Waals surface area contributed by atoms with Gasteiger partial charge in [-0.25, -0.2) is 4.79 Å². The highest BCUT2D eigenvalue weighted by Crippen LogP contribution is 2.25. The van der Waals surface area contributed by atoms with Gasteiger partial charge in [0, 0.05) is 44.3 Å². The minimum Gasteiger partial charge on any atom is -0.469 e. The second kappa shape index (κ2) is 11.5. The average molecular weight is 480 g/mol. The van der Waals surface area contributed by atoms with Crippen molar-refractivity contribution in [2.45, 2.75) is 45.1 Å². The number of likely N-dealkylation sites (tertiary alicyclic amines) is 1. The van der Waals surface area contributed by atoms with Crippen LogP contribution in [-0.2, 0) is 14.3 Å². The number of carbonyl (C=O) groups is 2. The number of piperazine rings is 1. The number of benzene rings is 1. The molecule has 0 bridgehead atoms. The fraction of sp³-hybridized carbons (Fsp3) is 0.680. The summed E-state index contributed by atoms with van der Waals surface area (Å²) < 4.78 is 10.6. The molecular formula is C25H38ClN3O4. The average Bonchev–Trinajstić information content (AvgIpc) is 2.78. The zero-order valence-electron chi connectivity index (χ0n) is 20.4. The van der Waals surface area contributed by atoms with Gasteiger partial charge in [-0.2, -0.15) is 0 Å². The molecule has 1 unspecified atom stereocenters. The van der Waals surface area contributed by atoms with Crippen LogP contribution in [-0.4, -0.2) is 91.8 Å². The summed E-state index contributed by atoms with van der Waals surface area (Å²) in [7, 11) is 1.44. The maximum atomic E-state index is 12.4. The van der Waals surface area contributed by atoms with E-state index >= 15 is 0 Å². The van der Waals surface area contributed by atoms with Crippen LogP contribution in [0.15, 0.2) is 24.3 Å². The molecule has 1 amide bonds. The van der Waals surface area contributed by atoms with Gasteiger partial charge in [-0.3, -0.25) is 9.69 Å². The number of nitrogens with zero attached hydrogens (tertiary/aromatic N) is 3. The highest BCUT2D eigenvalue weighted by Gasteiger charge is 2.30. The summed E-state index contributed by atoms with van der Waals surface area (Å²) in [5.74, 6) is 0.133. The van der Waals surface area contributed by atoms with E-state index in [9.17, 15) is 9.59 Å². The van der Waals surface area contributed by atoms with E-state index in [2.05, 4.69) is 9.80 Å². The lowest BCUT2D eigenvalue weighted by molar-refractivity contribution is -0.143. The Kier molecular flexibility index (Phi) is 9.02. The normalized spacial score (nSPS) is 19.8. The SMILES string of the molecule is COC(=O)C(CN1CCC(CN2CCN(C(=O)OC(C)(C)C)CC2)CC1)c1ccc(Cl)cc1. The van der Waals surface area contributed by atoms with Gasteiger partial charge in [-0.15, -0.1) is 0 Å². The Hall–Kier alpha value is -1.83. The van der Waals surface area contributed by atoms with Gasteiger partial charge < -0.3 is 19.3 Å². The van der Waals surface area contributed by atoms with E-state index in [1.54, 1.807) is 0 Å². The maximum Gasteiger partial charge on any atom is 0.410 e. The molecule has 2 heterocycles. The number of esters is 1. The first-order valence-corrected chi connectivity index (χ1v) is 12.3. The quantitative estimate of drug-likeness (QED) is 0.577. The monoisotopic (exact) mass is 479 g/mol. The number of halogens is 1. The third-order valence-electron chi connectivity index (χ3n) is 6.45. The van der Waals surface area contributed by atoms with E-state index in [-0.39, 0.29) is 18.0 Å². The molecule has 0 aliphatic carbocycles. The van der Waals surface area contributed by atoms with Gasteiger partial charge in [0.1, 0.15) is 5.60 Å². The summed E-state index contributed by atoms with van der Waals surface area (Å²) in [4.78, 5) is 31.3. The van der Waals surface area contributed by atoms with Crippen LogP contribution in [0.4, 0.5) is 4.79 Å². The summed E-state index contributed by atoms with van der Waals surface area (Å²) in [5.41, 5.74) is 0.485. The number of rotatable bonds is 6. The summed E-state index contributed by atoms with van der Waals surface area (Å²) in [6.07, 6.45) is 2.01. The minimum atomic E-state index is -0.456. The second-order valence-electron chi connectivity index (χ2n) is 10.1. The molecule has 184 valence electrons. The van der Waals surface area contributed by atoms with Crippen LogP contribution in [0, 0.1) is 5.92 Å². The van der Waals surface area contributed by atoms with E-state index in [4.69, 9.17) is 21.1 Å². The Morgan fingerprint density at radius 3 is 2.15 bits per heavy atom. The smallest absolute Gasteiger partial charge is 0.410 e. The number of hydrogen-bond acceptors (Lipinski definition) is 6. The van der Waals surface area contributed by atoms with Crippen molar-refractivity contribution >= 4 is 23.7 Å². The number of hydrogen-bond donors (Lipinski definition) is 0. The maximum absolute atomic E-state index is 12.4. The summed E-state index contributed by atoms with van der Waals surface area (Å²) in [6, 6.07) is 7.46. The Morgan fingerprint density at radius 1 is 1.00 bits per heavy atom. The molecule has 3 rings (SSSR count). The molecule has 0 spiro atoms. The van der Waals surface area contributed by atoms with E-state index in [0.717, 1.165) is 64.2 Å². The van der Waals surface area contributed by atoms with Gasteiger partial charge in [-0.05, 0) is 70.3 Å². The fourth-order valence-corrected chi connectivity index (χ4v) is 4.69. The van der Waals surface area contributed by atoms with Gasteiger partial charge >= 0.3 is 12.1 Å². The van der Waals surface area contributed by atoms with E-state index in [0.29, 0.717) is 17.5 Å². The summed E-state index contributed by atoms with van der Waals surface area (Å²) in [6.45, 7) is 12.6. The molecule has 33 heavy (non-hydrogen) atoms. The van der Waals surface area contributed by atoms with Crippen molar-refractivity contribution in [3.05, 3.63) is 34.9 Å². The molecular weight excluding hydrogens is 442 g/mol. The number of ether oxygens (including phenoxy) is 2. The lowest BCUT2D eigenvalue weighted by Crippen LogP contribution is -2.51. The number of carbonyl (C=O) groups excluding carboxylic acids is 2. The first-order chi connectivity index (χ1) is 15.6. The van der Waals surface area contributed by atoms with Gasteiger partial charge in [0.25, 0.3) is 0 Å². The third kappa shape index (κ3) is 7.87. The van der Waals surface area contributed by atoms with Crippen LogP contribution in [0.1, 0.15) is 45.1 Å². The lowest BCUT2D eigenvalue weighted by Gasteiger charge is -2.39. The molecule has 0 aromatic heterocycles. The molecule has 0 N–H and O–H groups in total. The molecule has 0 saturated carbocycles. The first kappa shape index (κ1) is 25.8. The predicted octanol–water partition coefficient (Wildman–Crippen LogP) is 3.86. The van der Waals surface area contributed by atoms with Crippen molar-refractivity contribution in [1.82, 2.24) is 14.7 Å². The van der Waals surface area contributed by atoms with E-state index in [1.807, 2.05) is 49.9 Å². The molecule has 8 heteroatoms. The topological polar surface area (TPSA) is 62.3 Å². The number of piperidine rings is 1. The largest absolute Gasteiger partial charge is 0.469 e. The van der Waals surface area contributed by atoms with Crippen molar-refractivity contribution < 1.29 is 19.1 Å². The number of methoxy groups -OCH3 is 1. The zero-order valence-corrected chi connectivity index (χ0v) is 21.1. The highest BCUT2D eigenvalue weighted by atomic mass is 35.5. The Balaban J connectivity index is 1.43. The van der Waals surface area contributed by atoms with E-state index in [1.165, 1.54) is 7.11 Å². The summed E-state index contributed by atoms with van der Waals surface area (Å²) >= 11 is 6.01. The van der Waals surface area contributed by atoms with Crippen LogP contribution < -0.4 is 0 Å². The van der Waals surface area contributed by atoms with Gasteiger partial charge in [0.2, 0.25) is 0 Å². The van der Waals surface area contributed by atoms with Crippen LogP contribution in [0.5, 0.6) is 0 Å². The van der Waals surface area contributed by atoms with Crippen molar-refractivity contribution in [3.8, 4) is 0 Å². The van der Waals surface area contributed by atoms with Crippen LogP contribution in [0.2, 0.25) is 5.02 Å². The fourth-order valence-electron chi connectivity index (χ4n) is 4.57. The number of amides is 1. The molecule has 1 aromatic carbocycles. The van der Waals surface area contributed by atoms with Crippen LogP contribution >= 0.6 is 11.6 Å². The minimum absolute atomic E-state index is 0.206. The highest BCUT2D eigenvalue weighted by molar-refractivity contribution is 6.30. The summed E-state index contributed by atoms with van der Waals surface area (Å²) in [5, 5.41) is 0.662. The second-order valence-corrected chi connectivity index (χ2v) is 10.6. The van der Waals surface area contributed by atoms with Crippen LogP contribution in [0.3, 0.4) is 0 Å². The van der Waals surface area contributed by atoms with Crippen molar-refractivity contribution in [1.29, 1.82) is 0 Å². The first-order valence-electron chi connectivity index (χ1n) is 11.9. The molecule has 1 atom stereocenters.